The number of rotatable bonds is 8. The largest absolute Gasteiger partial charge is 0.463 e. The van der Waals surface area contributed by atoms with Crippen LogP contribution in [0.15, 0.2) is 0 Å². The van der Waals surface area contributed by atoms with E-state index in [1.54, 1.807) is 27.9 Å². The van der Waals surface area contributed by atoms with Gasteiger partial charge in [0.2, 0.25) is 5.91 Å². The van der Waals surface area contributed by atoms with Crippen LogP contribution in [0.4, 0.5) is 0 Å². The number of ketones is 1. The zero-order chi connectivity index (χ0) is 36.2. The molecule has 3 aliphatic heterocycles. The van der Waals surface area contributed by atoms with E-state index in [2.05, 4.69) is 37.6 Å². The van der Waals surface area contributed by atoms with E-state index < -0.39 is 46.9 Å². The van der Waals surface area contributed by atoms with Crippen molar-refractivity contribution < 1.29 is 38.4 Å². The molecule has 0 aromatic rings. The van der Waals surface area contributed by atoms with Gasteiger partial charge in [0.25, 0.3) is 0 Å². The van der Waals surface area contributed by atoms with Gasteiger partial charge >= 0.3 is 5.97 Å². The Morgan fingerprint density at radius 1 is 1.06 bits per heavy atom. The molecule has 0 radical (unpaired) electrons. The Morgan fingerprint density at radius 3 is 2.21 bits per heavy atom. The summed E-state index contributed by atoms with van der Waals surface area (Å²) in [4.78, 5) is 49.6. The highest BCUT2D eigenvalue weighted by molar-refractivity contribution is 6.04. The van der Waals surface area contributed by atoms with Gasteiger partial charge in [-0.1, -0.05) is 27.7 Å². The molecule has 1 spiro atoms. The smallest absolute Gasteiger partial charge is 0.319 e. The second kappa shape index (κ2) is 16.6. The molecule has 0 bridgehead atoms. The Bertz CT molecular complexity index is 1090. The van der Waals surface area contributed by atoms with Crippen molar-refractivity contribution in [1.29, 1.82) is 0 Å². The van der Waals surface area contributed by atoms with Gasteiger partial charge in [0.05, 0.1) is 29.9 Å². The van der Waals surface area contributed by atoms with Crippen LogP contribution in [0, 0.1) is 17.3 Å². The van der Waals surface area contributed by atoms with Crippen molar-refractivity contribution in [3.63, 3.8) is 0 Å². The lowest BCUT2D eigenvalue weighted by Crippen LogP contribution is -2.60. The predicted octanol–water partition coefficient (Wildman–Crippen LogP) is 2.65. The topological polar surface area (TPSA) is 121 Å². The van der Waals surface area contributed by atoms with Crippen LogP contribution in [-0.2, 0) is 33.3 Å². The SMILES string of the molecule is CCN(CC)CC(=O)N1CCC2(CC1)COC(=O)C(C)(C)C(=O)[C@H](C)[C@@H](O[C@@H]1O[C@H](C)C[C@H](N(C)C)[C@H]1O)[C@](C)(OC)C[C@@H](C)CN2C. The van der Waals surface area contributed by atoms with E-state index >= 15 is 0 Å². The Morgan fingerprint density at radius 2 is 1.67 bits per heavy atom. The average Bonchev–Trinajstić information content (AvgIpc) is 3.04. The van der Waals surface area contributed by atoms with E-state index in [4.69, 9.17) is 18.9 Å². The summed E-state index contributed by atoms with van der Waals surface area (Å²) in [7, 11) is 7.52. The molecule has 1 N–H and O–H groups in total. The first-order chi connectivity index (χ1) is 22.3. The fourth-order valence-corrected chi connectivity index (χ4v) is 8.06. The lowest BCUT2D eigenvalue weighted by molar-refractivity contribution is -0.295. The molecule has 12 heteroatoms. The number of hydrogen-bond donors (Lipinski definition) is 1. The number of piperidine rings is 1. The van der Waals surface area contributed by atoms with Crippen molar-refractivity contribution >= 4 is 17.7 Å². The second-order valence-corrected chi connectivity index (χ2v) is 15.8. The first-order valence-corrected chi connectivity index (χ1v) is 18.0. The minimum atomic E-state index is -1.47. The maximum absolute atomic E-state index is 14.3. The van der Waals surface area contributed by atoms with Gasteiger partial charge in [-0.2, -0.15) is 0 Å². The Labute approximate surface area is 289 Å². The van der Waals surface area contributed by atoms with Gasteiger partial charge in [-0.15, -0.1) is 0 Å². The molecule has 3 heterocycles. The van der Waals surface area contributed by atoms with E-state index in [1.165, 1.54) is 0 Å². The van der Waals surface area contributed by atoms with Crippen molar-refractivity contribution in [3.05, 3.63) is 0 Å². The zero-order valence-electron chi connectivity index (χ0n) is 31.9. The monoisotopic (exact) mass is 682 g/mol. The number of likely N-dealkylation sites (N-methyl/N-ethyl adjacent to an activating group) is 3. The van der Waals surface area contributed by atoms with Crippen LogP contribution in [0.5, 0.6) is 0 Å². The van der Waals surface area contributed by atoms with Crippen LogP contribution in [0.3, 0.4) is 0 Å². The fourth-order valence-electron chi connectivity index (χ4n) is 8.06. The van der Waals surface area contributed by atoms with Gasteiger partial charge in [0.1, 0.15) is 18.1 Å². The number of carbonyl (C=O) groups excluding carboxylic acids is 3. The quantitative estimate of drug-likeness (QED) is 0.301. The summed E-state index contributed by atoms with van der Waals surface area (Å²) in [5.74, 6) is -1.50. The average molecular weight is 683 g/mol. The number of nitrogens with zero attached hydrogens (tertiary/aromatic N) is 4. The molecule has 8 atom stereocenters. The van der Waals surface area contributed by atoms with Crippen LogP contribution in [-0.4, -0.2) is 158 Å². The summed E-state index contributed by atoms with van der Waals surface area (Å²) in [6, 6.07) is -0.192. The summed E-state index contributed by atoms with van der Waals surface area (Å²) < 4.78 is 25.1. The second-order valence-electron chi connectivity index (χ2n) is 15.8. The third kappa shape index (κ3) is 8.97. The molecular formula is C36H66N4O8. The zero-order valence-corrected chi connectivity index (χ0v) is 31.9. The molecule has 3 aliphatic rings. The Kier molecular flexibility index (Phi) is 14.1. The molecule has 3 fully saturated rings. The van der Waals surface area contributed by atoms with Gasteiger partial charge in [-0.3, -0.25) is 24.2 Å². The van der Waals surface area contributed by atoms with Crippen molar-refractivity contribution in [2.24, 2.45) is 17.3 Å². The summed E-state index contributed by atoms with van der Waals surface area (Å²) >= 11 is 0. The molecule has 0 unspecified atom stereocenters. The summed E-state index contributed by atoms with van der Waals surface area (Å²) in [5.41, 5.74) is -2.93. The van der Waals surface area contributed by atoms with Crippen LogP contribution >= 0.6 is 0 Å². The minimum Gasteiger partial charge on any atom is -0.463 e. The number of hydrogen-bond acceptors (Lipinski definition) is 11. The fraction of sp³-hybridized carbons (Fsp3) is 0.917. The van der Waals surface area contributed by atoms with Crippen molar-refractivity contribution in [2.75, 3.05) is 74.1 Å². The number of esters is 1. The summed E-state index contributed by atoms with van der Waals surface area (Å²) in [5, 5.41) is 11.4. The molecule has 3 saturated heterocycles. The number of amides is 1. The molecule has 0 aliphatic carbocycles. The van der Waals surface area contributed by atoms with Crippen LogP contribution in [0.25, 0.3) is 0 Å². The predicted molar refractivity (Wildman–Crippen MR) is 184 cm³/mol. The van der Waals surface area contributed by atoms with Crippen molar-refractivity contribution in [1.82, 2.24) is 19.6 Å². The van der Waals surface area contributed by atoms with Crippen LogP contribution < -0.4 is 0 Å². The standard InChI is InChI=1S/C36H66N4O8/c1-13-39(14-2)22-28(41)40-17-15-36(16-18-40)23-46-33(44)34(6,7)30(43)26(5)31(35(8,45-12)20-24(3)21-38(36)11)48-32-29(42)27(37(9)10)19-25(4)47-32/h24-27,29,31-32,42H,13-23H2,1-12H3/t24-,25-,26+,27+,29-,31-,32+,35-/m1/s1. The third-order valence-corrected chi connectivity index (χ3v) is 11.5. The Balaban J connectivity index is 1.94. The summed E-state index contributed by atoms with van der Waals surface area (Å²) in [6.45, 7) is 19.1. The number of aliphatic hydroxyl groups is 1. The number of ether oxygens (including phenoxy) is 4. The highest BCUT2D eigenvalue weighted by Crippen LogP contribution is 2.39. The van der Waals surface area contributed by atoms with Gasteiger partial charge < -0.3 is 33.9 Å². The number of Topliss-reactive ketones (excluding diaryl/α,β-unsaturated/α-hetero) is 1. The number of likely N-dealkylation sites (tertiary alicyclic amines) is 1. The normalized spacial score (nSPS) is 35.6. The van der Waals surface area contributed by atoms with E-state index in [1.807, 2.05) is 37.7 Å². The van der Waals surface area contributed by atoms with Crippen LogP contribution in [0.2, 0.25) is 0 Å². The highest BCUT2D eigenvalue weighted by Gasteiger charge is 2.52. The van der Waals surface area contributed by atoms with E-state index in [0.717, 1.165) is 13.1 Å². The number of aliphatic hydroxyl groups excluding tert-OH is 1. The lowest BCUT2D eigenvalue weighted by atomic mass is 9.74. The highest BCUT2D eigenvalue weighted by atomic mass is 16.7. The van der Waals surface area contributed by atoms with Crippen molar-refractivity contribution in [3.8, 4) is 0 Å². The molecule has 12 nitrogen and oxygen atoms in total. The molecule has 278 valence electrons. The van der Waals surface area contributed by atoms with E-state index in [-0.39, 0.29) is 36.4 Å². The first kappa shape index (κ1) is 40.8. The Hall–Kier alpha value is -1.67. The molecule has 0 saturated carbocycles. The van der Waals surface area contributed by atoms with E-state index in [0.29, 0.717) is 51.9 Å². The summed E-state index contributed by atoms with van der Waals surface area (Å²) in [6.07, 6.45) is -0.465. The van der Waals surface area contributed by atoms with Gasteiger partial charge in [-0.05, 0) is 93.5 Å². The van der Waals surface area contributed by atoms with Gasteiger partial charge in [-0.25, -0.2) is 0 Å². The van der Waals surface area contributed by atoms with Crippen molar-refractivity contribution in [2.45, 2.75) is 123 Å². The molecule has 3 rings (SSSR count). The minimum absolute atomic E-state index is 0.0858. The number of carbonyl (C=O) groups is 3. The number of cyclic esters (lactones) is 1. The molecular weight excluding hydrogens is 616 g/mol. The first-order valence-electron chi connectivity index (χ1n) is 18.0. The molecule has 0 aromatic heterocycles. The molecule has 48 heavy (non-hydrogen) atoms. The molecule has 1 amide bonds. The third-order valence-electron chi connectivity index (χ3n) is 11.5. The number of methoxy groups -OCH3 is 1. The van der Waals surface area contributed by atoms with Gasteiger partial charge in [0.15, 0.2) is 12.1 Å². The van der Waals surface area contributed by atoms with Crippen LogP contribution in [0.1, 0.15) is 81.1 Å². The molecule has 0 aromatic carbocycles. The lowest BCUT2D eigenvalue weighted by Gasteiger charge is -2.48. The van der Waals surface area contributed by atoms with Gasteiger partial charge in [0, 0.05) is 38.7 Å². The maximum Gasteiger partial charge on any atom is 0.319 e. The maximum atomic E-state index is 14.3. The van der Waals surface area contributed by atoms with E-state index in [9.17, 15) is 19.5 Å².